The smallest absolute Gasteiger partial charge is 0.478 e. The molecule has 0 aliphatic carbocycles. The molecule has 0 aliphatic heterocycles. The molecule has 0 fully saturated rings. The number of aryl methyl sites for hydroxylation is 2. The molecule has 0 unspecified atom stereocenters. The molecular weight excluding hydrogens is 520 g/mol. The van der Waals surface area contributed by atoms with Gasteiger partial charge in [0.15, 0.2) is 0 Å². The van der Waals surface area contributed by atoms with Crippen molar-refractivity contribution in [3.63, 3.8) is 0 Å². The number of hydrogen-bond acceptors (Lipinski definition) is 2. The molecule has 4 nitrogen and oxygen atoms in total. The Kier molecular flexibility index (Phi) is 11.0. The van der Waals surface area contributed by atoms with Crippen LogP contribution in [0.3, 0.4) is 0 Å². The van der Waals surface area contributed by atoms with Crippen LogP contribution in [0.25, 0.3) is 21.5 Å². The van der Waals surface area contributed by atoms with E-state index in [1.54, 1.807) is 60.7 Å². The normalized spacial score (nSPS) is 9.95. The van der Waals surface area contributed by atoms with Crippen molar-refractivity contribution in [1.82, 2.24) is 0 Å². The largest absolute Gasteiger partial charge is 2.00 e. The summed E-state index contributed by atoms with van der Waals surface area (Å²) >= 11 is 0. The SMILES string of the molecule is O=C(O)c1ccccc1.O=C(O)c1ccccc1.[Ti+2].c1ccc2[cH-]c(CCc3cc4ccccc4[cH-]3)cc2c1. The van der Waals surface area contributed by atoms with Crippen LogP contribution in [-0.4, -0.2) is 22.2 Å². The van der Waals surface area contributed by atoms with Crippen molar-refractivity contribution in [2.45, 2.75) is 12.8 Å². The van der Waals surface area contributed by atoms with Gasteiger partial charge < -0.3 is 10.2 Å². The zero-order valence-corrected chi connectivity index (χ0v) is 22.9. The van der Waals surface area contributed by atoms with Crippen molar-refractivity contribution in [1.29, 1.82) is 0 Å². The van der Waals surface area contributed by atoms with Gasteiger partial charge in [-0.1, -0.05) is 48.5 Å². The van der Waals surface area contributed by atoms with E-state index in [0.29, 0.717) is 11.1 Å². The van der Waals surface area contributed by atoms with Crippen LogP contribution in [0.4, 0.5) is 0 Å². The summed E-state index contributed by atoms with van der Waals surface area (Å²) in [5.74, 6) is -1.76. The summed E-state index contributed by atoms with van der Waals surface area (Å²) in [5.41, 5.74) is 3.54. The van der Waals surface area contributed by atoms with Gasteiger partial charge in [-0.25, -0.2) is 9.59 Å². The number of rotatable bonds is 5. The molecule has 5 heteroatoms. The summed E-state index contributed by atoms with van der Waals surface area (Å²) in [6.45, 7) is 0. The number of fused-ring (bicyclic) bond motifs is 2. The first-order valence-electron chi connectivity index (χ1n) is 12.3. The minimum atomic E-state index is -0.879. The van der Waals surface area contributed by atoms with Crippen LogP contribution in [-0.2, 0) is 34.6 Å². The average molecular weight is 548 g/mol. The second-order valence-electron chi connectivity index (χ2n) is 8.83. The van der Waals surface area contributed by atoms with E-state index in [0.717, 1.165) is 12.8 Å². The van der Waals surface area contributed by atoms with Crippen LogP contribution in [0.2, 0.25) is 0 Å². The quantitative estimate of drug-likeness (QED) is 0.169. The molecule has 0 spiro atoms. The molecule has 0 aliphatic rings. The van der Waals surface area contributed by atoms with Crippen LogP contribution in [0.15, 0.2) is 133 Å². The Bertz CT molecular complexity index is 1430. The zero-order valence-electron chi connectivity index (χ0n) is 21.3. The molecule has 6 rings (SSSR count). The minimum Gasteiger partial charge on any atom is -0.478 e. The minimum absolute atomic E-state index is 0. The van der Waals surface area contributed by atoms with Gasteiger partial charge in [-0.3, -0.25) is 0 Å². The van der Waals surface area contributed by atoms with Crippen LogP contribution < -0.4 is 0 Å². The van der Waals surface area contributed by atoms with Crippen molar-refractivity contribution >= 4 is 33.5 Å². The van der Waals surface area contributed by atoms with E-state index >= 15 is 0 Å². The van der Waals surface area contributed by atoms with E-state index < -0.39 is 11.9 Å². The Morgan fingerprint density at radius 3 is 1.15 bits per heavy atom. The summed E-state index contributed by atoms with van der Waals surface area (Å²) < 4.78 is 0. The Labute approximate surface area is 242 Å². The molecule has 192 valence electrons. The van der Waals surface area contributed by atoms with Gasteiger partial charge in [-0.2, -0.15) is 12.1 Å². The van der Waals surface area contributed by atoms with Gasteiger partial charge in [0, 0.05) is 0 Å². The maximum atomic E-state index is 10.2. The predicted octanol–water partition coefficient (Wildman–Crippen LogP) is 7.98. The number of carbonyl (C=O) groups is 2. The summed E-state index contributed by atoms with van der Waals surface area (Å²) in [4.78, 5) is 20.4. The van der Waals surface area contributed by atoms with Crippen LogP contribution >= 0.6 is 0 Å². The van der Waals surface area contributed by atoms with Gasteiger partial charge in [0.25, 0.3) is 0 Å². The van der Waals surface area contributed by atoms with E-state index in [1.165, 1.54) is 32.7 Å². The molecular formula is C34H28O4Ti. The second-order valence-corrected chi connectivity index (χ2v) is 8.83. The third kappa shape index (κ3) is 8.64. The summed E-state index contributed by atoms with van der Waals surface area (Å²) in [6, 6.07) is 43.1. The monoisotopic (exact) mass is 548 g/mol. The first-order chi connectivity index (χ1) is 18.5. The summed E-state index contributed by atoms with van der Waals surface area (Å²) in [7, 11) is 0. The Morgan fingerprint density at radius 2 is 0.846 bits per heavy atom. The number of carboxylic acids is 2. The second kappa shape index (κ2) is 14.6. The summed E-state index contributed by atoms with van der Waals surface area (Å²) in [6.07, 6.45) is 2.23. The molecule has 0 saturated carbocycles. The number of benzene rings is 4. The van der Waals surface area contributed by atoms with E-state index in [9.17, 15) is 9.59 Å². The Balaban J connectivity index is 0.000000186. The molecule has 6 aromatic carbocycles. The van der Waals surface area contributed by atoms with Crippen LogP contribution in [0.1, 0.15) is 31.8 Å². The van der Waals surface area contributed by atoms with Gasteiger partial charge in [-0.05, 0) is 37.1 Å². The van der Waals surface area contributed by atoms with E-state index in [4.69, 9.17) is 10.2 Å². The number of carboxylic acid groups (broad SMARTS) is 2. The molecule has 0 aromatic heterocycles. The molecule has 39 heavy (non-hydrogen) atoms. The van der Waals surface area contributed by atoms with Gasteiger partial charge >= 0.3 is 33.7 Å². The molecule has 6 aromatic rings. The maximum Gasteiger partial charge on any atom is 2.00 e. The summed E-state index contributed by atoms with van der Waals surface area (Å²) in [5, 5.41) is 22.2. The fourth-order valence-electron chi connectivity index (χ4n) is 4.17. The topological polar surface area (TPSA) is 74.6 Å². The molecule has 2 N–H and O–H groups in total. The molecule has 0 bridgehead atoms. The molecule has 0 atom stereocenters. The van der Waals surface area contributed by atoms with Gasteiger partial charge in [0.05, 0.1) is 11.1 Å². The van der Waals surface area contributed by atoms with Gasteiger partial charge in [0.1, 0.15) is 0 Å². The van der Waals surface area contributed by atoms with E-state index in [-0.39, 0.29) is 21.7 Å². The third-order valence-corrected chi connectivity index (χ3v) is 6.10. The first-order valence-corrected chi connectivity index (χ1v) is 12.3. The Morgan fingerprint density at radius 1 is 0.513 bits per heavy atom. The standard InChI is InChI=1S/C20H16.2C7H6O2.Ti/c1-2-6-18-12-15(11-17(18)5-1)9-10-16-13-19-7-3-4-8-20(19)14-16;2*8-7(9)6-4-2-1-3-5-6;/h1-8,11-14H,9-10H2;2*1-5H,(H,8,9);/q-2;;;+2. The van der Waals surface area contributed by atoms with E-state index in [1.807, 2.05) is 0 Å². The first kappa shape index (κ1) is 29.3. The number of aromatic carboxylic acids is 2. The third-order valence-electron chi connectivity index (χ3n) is 6.10. The van der Waals surface area contributed by atoms with Gasteiger partial charge in [0.2, 0.25) is 0 Å². The van der Waals surface area contributed by atoms with E-state index in [2.05, 4.69) is 72.8 Å². The predicted molar refractivity (Wildman–Crippen MR) is 153 cm³/mol. The molecule has 0 radical (unpaired) electrons. The van der Waals surface area contributed by atoms with Crippen molar-refractivity contribution < 1.29 is 41.5 Å². The van der Waals surface area contributed by atoms with Crippen LogP contribution in [0, 0.1) is 0 Å². The zero-order chi connectivity index (χ0) is 26.7. The molecule has 0 saturated heterocycles. The van der Waals surface area contributed by atoms with Crippen molar-refractivity contribution in [3.8, 4) is 0 Å². The maximum absolute atomic E-state index is 10.2. The fourth-order valence-corrected chi connectivity index (χ4v) is 4.17. The van der Waals surface area contributed by atoms with Crippen molar-refractivity contribution in [3.05, 3.63) is 156 Å². The average Bonchev–Trinajstić information content (AvgIpc) is 3.57. The van der Waals surface area contributed by atoms with Crippen molar-refractivity contribution in [2.75, 3.05) is 0 Å². The molecule has 0 heterocycles. The molecule has 0 amide bonds. The van der Waals surface area contributed by atoms with Gasteiger partial charge in [-0.15, -0.1) is 81.2 Å². The number of hydrogen-bond donors (Lipinski definition) is 2. The Hall–Kier alpha value is -4.25. The van der Waals surface area contributed by atoms with Crippen LogP contribution in [0.5, 0.6) is 0 Å². The fraction of sp³-hybridized carbons (Fsp3) is 0.0588. The van der Waals surface area contributed by atoms with Crippen molar-refractivity contribution in [2.24, 2.45) is 0 Å².